The minimum atomic E-state index is -1.25. The van der Waals surface area contributed by atoms with Gasteiger partial charge in [0.15, 0.2) is 11.6 Å². The van der Waals surface area contributed by atoms with E-state index in [4.69, 9.17) is 4.74 Å². The van der Waals surface area contributed by atoms with E-state index in [0.29, 0.717) is 19.2 Å². The fourth-order valence-corrected chi connectivity index (χ4v) is 3.82. The van der Waals surface area contributed by atoms with Gasteiger partial charge in [0.25, 0.3) is 0 Å². The van der Waals surface area contributed by atoms with Crippen molar-refractivity contribution in [2.75, 3.05) is 13.1 Å². The highest BCUT2D eigenvalue weighted by Crippen LogP contribution is 2.38. The highest BCUT2D eigenvalue weighted by atomic mass is 19.2. The van der Waals surface area contributed by atoms with Crippen molar-refractivity contribution in [3.8, 4) is 5.75 Å². The molecule has 0 radical (unpaired) electrons. The van der Waals surface area contributed by atoms with E-state index in [2.05, 4.69) is 29.2 Å². The number of halogens is 3. The van der Waals surface area contributed by atoms with Gasteiger partial charge in [-0.25, -0.2) is 8.78 Å². The summed E-state index contributed by atoms with van der Waals surface area (Å²) >= 11 is 0. The maximum atomic E-state index is 14.0. The van der Waals surface area contributed by atoms with E-state index in [0.717, 1.165) is 17.2 Å². The molecule has 144 valence electrons. The maximum Gasteiger partial charge on any atom is 0.200 e. The van der Waals surface area contributed by atoms with Crippen LogP contribution in [-0.2, 0) is 0 Å². The molecule has 4 rings (SSSR count). The predicted octanol–water partition coefficient (Wildman–Crippen LogP) is 5.35. The standard InChI is InChI=1S/C23H20F3NO/c1-23(28-20-13-18(24)12-19(25)21(20)26)14-27(15-23)22(16-8-4-2-5-9-16)17-10-6-3-7-11-17/h2-13,22H,14-15H2,1H3. The summed E-state index contributed by atoms with van der Waals surface area (Å²) in [7, 11) is 0. The van der Waals surface area contributed by atoms with Crippen LogP contribution in [0, 0.1) is 17.5 Å². The normalized spacial score (nSPS) is 16.0. The van der Waals surface area contributed by atoms with Crippen LogP contribution in [0.2, 0.25) is 0 Å². The number of benzene rings is 3. The first kappa shape index (κ1) is 18.6. The molecule has 0 amide bonds. The van der Waals surface area contributed by atoms with E-state index < -0.39 is 28.8 Å². The molecule has 1 aliphatic rings. The van der Waals surface area contributed by atoms with Gasteiger partial charge in [0.05, 0.1) is 6.04 Å². The lowest BCUT2D eigenvalue weighted by atomic mass is 9.88. The Morgan fingerprint density at radius 3 is 1.93 bits per heavy atom. The van der Waals surface area contributed by atoms with Crippen LogP contribution in [0.1, 0.15) is 24.1 Å². The lowest BCUT2D eigenvalue weighted by Crippen LogP contribution is -2.64. The van der Waals surface area contributed by atoms with Crippen molar-refractivity contribution in [3.05, 3.63) is 101 Å². The molecular weight excluding hydrogens is 363 g/mol. The molecule has 3 aromatic rings. The second-order valence-corrected chi connectivity index (χ2v) is 7.38. The summed E-state index contributed by atoms with van der Waals surface area (Å²) in [4.78, 5) is 2.21. The van der Waals surface area contributed by atoms with Crippen molar-refractivity contribution >= 4 is 0 Å². The fraction of sp³-hybridized carbons (Fsp3) is 0.217. The van der Waals surface area contributed by atoms with Crippen LogP contribution < -0.4 is 4.74 Å². The first-order valence-electron chi connectivity index (χ1n) is 9.13. The minimum absolute atomic E-state index is 0.0215. The van der Waals surface area contributed by atoms with Crippen LogP contribution in [0.5, 0.6) is 5.75 Å². The summed E-state index contributed by atoms with van der Waals surface area (Å²) in [6.45, 7) is 2.82. The Morgan fingerprint density at radius 1 is 0.857 bits per heavy atom. The molecule has 5 heteroatoms. The second-order valence-electron chi connectivity index (χ2n) is 7.38. The van der Waals surface area contributed by atoms with Gasteiger partial charge in [-0.15, -0.1) is 0 Å². The SMILES string of the molecule is CC1(Oc2cc(F)cc(F)c2F)CN(C(c2ccccc2)c2ccccc2)C1. The number of likely N-dealkylation sites (tertiary alicyclic amines) is 1. The van der Waals surface area contributed by atoms with Crippen LogP contribution in [0.25, 0.3) is 0 Å². The number of rotatable bonds is 5. The molecule has 2 nitrogen and oxygen atoms in total. The van der Waals surface area contributed by atoms with Crippen molar-refractivity contribution in [1.29, 1.82) is 0 Å². The molecule has 1 fully saturated rings. The van der Waals surface area contributed by atoms with Gasteiger partial charge in [-0.1, -0.05) is 60.7 Å². The van der Waals surface area contributed by atoms with Gasteiger partial charge >= 0.3 is 0 Å². The van der Waals surface area contributed by atoms with Crippen molar-refractivity contribution < 1.29 is 17.9 Å². The number of nitrogens with zero attached hydrogens (tertiary/aromatic N) is 1. The summed E-state index contributed by atoms with van der Waals surface area (Å²) in [5.41, 5.74) is 1.54. The third-order valence-corrected chi connectivity index (χ3v) is 4.99. The molecule has 1 aliphatic heterocycles. The average molecular weight is 383 g/mol. The Morgan fingerprint density at radius 2 is 1.39 bits per heavy atom. The summed E-state index contributed by atoms with van der Waals surface area (Å²) < 4.78 is 46.6. The highest BCUT2D eigenvalue weighted by Gasteiger charge is 2.45. The molecule has 28 heavy (non-hydrogen) atoms. The summed E-state index contributed by atoms with van der Waals surface area (Å²) in [6, 6.07) is 21.6. The molecule has 0 spiro atoms. The van der Waals surface area contributed by atoms with Crippen LogP contribution in [0.15, 0.2) is 72.8 Å². The Hall–Kier alpha value is -2.79. The van der Waals surface area contributed by atoms with Gasteiger partial charge in [-0.05, 0) is 18.1 Å². The van der Waals surface area contributed by atoms with E-state index in [-0.39, 0.29) is 6.04 Å². The zero-order valence-corrected chi connectivity index (χ0v) is 15.4. The molecule has 0 unspecified atom stereocenters. The van der Waals surface area contributed by atoms with Crippen molar-refractivity contribution in [1.82, 2.24) is 4.90 Å². The van der Waals surface area contributed by atoms with Crippen molar-refractivity contribution in [3.63, 3.8) is 0 Å². The Balaban J connectivity index is 1.56. The summed E-state index contributed by atoms with van der Waals surface area (Å²) in [5.74, 6) is -3.67. The topological polar surface area (TPSA) is 12.5 Å². The Bertz CT molecular complexity index is 917. The number of hydrogen-bond acceptors (Lipinski definition) is 2. The molecule has 0 aliphatic carbocycles. The van der Waals surface area contributed by atoms with Gasteiger partial charge in [0.1, 0.15) is 11.4 Å². The molecular formula is C23H20F3NO. The van der Waals surface area contributed by atoms with Crippen molar-refractivity contribution in [2.24, 2.45) is 0 Å². The molecule has 0 bridgehead atoms. The van der Waals surface area contributed by atoms with E-state index in [9.17, 15) is 13.2 Å². The zero-order chi connectivity index (χ0) is 19.7. The van der Waals surface area contributed by atoms with Crippen LogP contribution >= 0.6 is 0 Å². The maximum absolute atomic E-state index is 14.0. The number of hydrogen-bond donors (Lipinski definition) is 0. The van der Waals surface area contributed by atoms with Crippen molar-refractivity contribution in [2.45, 2.75) is 18.6 Å². The second kappa shape index (κ2) is 7.32. The first-order chi connectivity index (χ1) is 13.5. The quantitative estimate of drug-likeness (QED) is 0.551. The third kappa shape index (κ3) is 3.62. The van der Waals surface area contributed by atoms with Gasteiger partial charge in [-0.2, -0.15) is 4.39 Å². The van der Waals surface area contributed by atoms with Gasteiger partial charge in [-0.3, -0.25) is 4.90 Å². The van der Waals surface area contributed by atoms with Crippen LogP contribution in [-0.4, -0.2) is 23.6 Å². The monoisotopic (exact) mass is 383 g/mol. The minimum Gasteiger partial charge on any atom is -0.482 e. The van der Waals surface area contributed by atoms with E-state index >= 15 is 0 Å². The molecule has 0 saturated carbocycles. The third-order valence-electron chi connectivity index (χ3n) is 4.99. The lowest BCUT2D eigenvalue weighted by Gasteiger charge is -2.51. The zero-order valence-electron chi connectivity index (χ0n) is 15.4. The molecule has 1 saturated heterocycles. The highest BCUT2D eigenvalue weighted by molar-refractivity contribution is 5.33. The molecule has 0 atom stereocenters. The van der Waals surface area contributed by atoms with Gasteiger partial charge < -0.3 is 4.74 Å². The Labute approximate surface area is 162 Å². The van der Waals surface area contributed by atoms with E-state index in [1.54, 1.807) is 0 Å². The van der Waals surface area contributed by atoms with Crippen LogP contribution in [0.4, 0.5) is 13.2 Å². The van der Waals surface area contributed by atoms with Gasteiger partial charge in [0, 0.05) is 25.2 Å². The number of ether oxygens (including phenoxy) is 1. The smallest absolute Gasteiger partial charge is 0.200 e. The summed E-state index contributed by atoms with van der Waals surface area (Å²) in [5, 5.41) is 0. The van der Waals surface area contributed by atoms with E-state index in [1.165, 1.54) is 0 Å². The van der Waals surface area contributed by atoms with Crippen LogP contribution in [0.3, 0.4) is 0 Å². The van der Waals surface area contributed by atoms with E-state index in [1.807, 2.05) is 43.3 Å². The molecule has 0 N–H and O–H groups in total. The lowest BCUT2D eigenvalue weighted by molar-refractivity contribution is -0.0797. The predicted molar refractivity (Wildman–Crippen MR) is 102 cm³/mol. The summed E-state index contributed by atoms with van der Waals surface area (Å²) in [6.07, 6.45) is 0. The Kier molecular flexibility index (Phi) is 4.85. The molecule has 0 aromatic heterocycles. The fourth-order valence-electron chi connectivity index (χ4n) is 3.82. The largest absolute Gasteiger partial charge is 0.482 e. The molecule has 1 heterocycles. The first-order valence-corrected chi connectivity index (χ1v) is 9.13. The van der Waals surface area contributed by atoms with Gasteiger partial charge in [0.2, 0.25) is 5.82 Å². The average Bonchev–Trinajstić information content (AvgIpc) is 2.66. The molecule has 3 aromatic carbocycles.